The highest BCUT2D eigenvalue weighted by Crippen LogP contribution is 2.44. The zero-order valence-corrected chi connectivity index (χ0v) is 22.3. The van der Waals surface area contributed by atoms with Gasteiger partial charge in [0.15, 0.2) is 0 Å². The van der Waals surface area contributed by atoms with E-state index in [1.54, 1.807) is 6.08 Å². The average molecular weight is 492 g/mol. The molecule has 2 aliphatic heterocycles. The van der Waals surface area contributed by atoms with Gasteiger partial charge in [0.05, 0.1) is 4.91 Å². The second-order valence-corrected chi connectivity index (χ2v) is 11.4. The standard InChI is InChI=1S/C28H33N3O3S/c1-16-8-9-21(10-17(16)2)29-25(32)15-31-26(33)24(35-27(31)34)13-20-12-22-19(4)14-28(5,6)30(7)23(22)11-18(20)3/h8-13,19H,14-15H2,1-7H3,(H,29,32)/b24-13-/t19-/m1/s1. The van der Waals surface area contributed by atoms with Gasteiger partial charge in [-0.25, -0.2) is 0 Å². The van der Waals surface area contributed by atoms with Crippen LogP contribution in [0.2, 0.25) is 0 Å². The number of benzene rings is 2. The molecule has 2 aromatic carbocycles. The number of carbonyl (C=O) groups excluding carboxylic acids is 3. The van der Waals surface area contributed by atoms with Gasteiger partial charge in [0.2, 0.25) is 5.91 Å². The number of imide groups is 1. The fraction of sp³-hybridized carbons (Fsp3) is 0.393. The lowest BCUT2D eigenvalue weighted by Crippen LogP contribution is -2.45. The lowest BCUT2D eigenvalue weighted by atomic mass is 9.79. The van der Waals surface area contributed by atoms with Crippen molar-refractivity contribution < 1.29 is 14.4 Å². The van der Waals surface area contributed by atoms with Gasteiger partial charge in [0, 0.05) is 24.0 Å². The maximum Gasteiger partial charge on any atom is 0.294 e. The average Bonchev–Trinajstić information content (AvgIpc) is 3.03. The summed E-state index contributed by atoms with van der Waals surface area (Å²) in [6, 6.07) is 9.92. The minimum absolute atomic E-state index is 0.0703. The van der Waals surface area contributed by atoms with E-state index in [0.29, 0.717) is 16.5 Å². The number of fused-ring (bicyclic) bond motifs is 1. The minimum Gasteiger partial charge on any atom is -0.369 e. The molecule has 4 rings (SSSR count). The van der Waals surface area contributed by atoms with Gasteiger partial charge in [-0.15, -0.1) is 0 Å². The number of rotatable bonds is 4. The first kappa shape index (κ1) is 25.0. The van der Waals surface area contributed by atoms with Gasteiger partial charge in [-0.1, -0.05) is 13.0 Å². The molecule has 0 spiro atoms. The van der Waals surface area contributed by atoms with Crippen LogP contribution >= 0.6 is 11.8 Å². The SMILES string of the molecule is Cc1ccc(NC(=O)CN2C(=O)S/C(=C\c3cc4c(cc3C)N(C)C(C)(C)C[C@H]4C)C2=O)cc1C. The topological polar surface area (TPSA) is 69.7 Å². The van der Waals surface area contributed by atoms with E-state index in [1.165, 1.54) is 11.3 Å². The molecule has 0 saturated carbocycles. The van der Waals surface area contributed by atoms with Crippen molar-refractivity contribution in [2.45, 2.75) is 59.4 Å². The zero-order chi connectivity index (χ0) is 25.7. The van der Waals surface area contributed by atoms with Gasteiger partial charge in [-0.2, -0.15) is 0 Å². The molecule has 35 heavy (non-hydrogen) atoms. The van der Waals surface area contributed by atoms with Crippen molar-refractivity contribution in [2.75, 3.05) is 23.8 Å². The maximum atomic E-state index is 13.0. The number of hydrogen-bond acceptors (Lipinski definition) is 5. The Morgan fingerprint density at radius 3 is 2.51 bits per heavy atom. The van der Waals surface area contributed by atoms with Crippen LogP contribution in [0.15, 0.2) is 35.2 Å². The molecule has 0 aromatic heterocycles. The molecule has 0 aliphatic carbocycles. The summed E-state index contributed by atoms with van der Waals surface area (Å²) in [5, 5.41) is 2.35. The first-order chi connectivity index (χ1) is 16.4. The van der Waals surface area contributed by atoms with E-state index in [-0.39, 0.29) is 12.1 Å². The van der Waals surface area contributed by atoms with E-state index in [0.717, 1.165) is 45.3 Å². The van der Waals surface area contributed by atoms with E-state index in [1.807, 2.05) is 39.0 Å². The van der Waals surface area contributed by atoms with Crippen LogP contribution in [-0.4, -0.2) is 41.1 Å². The molecule has 2 aromatic rings. The summed E-state index contributed by atoms with van der Waals surface area (Å²) in [7, 11) is 2.12. The van der Waals surface area contributed by atoms with E-state index < -0.39 is 17.1 Å². The third-order valence-electron chi connectivity index (χ3n) is 7.27. The molecule has 1 N–H and O–H groups in total. The van der Waals surface area contributed by atoms with Gasteiger partial charge in [0.25, 0.3) is 11.1 Å². The Morgan fingerprint density at radius 1 is 1.11 bits per heavy atom. The second kappa shape index (κ2) is 9.19. The summed E-state index contributed by atoms with van der Waals surface area (Å²) < 4.78 is 0. The summed E-state index contributed by atoms with van der Waals surface area (Å²) in [4.78, 5) is 41.9. The Labute approximate surface area is 211 Å². The number of anilines is 2. The molecule has 184 valence electrons. The number of hydrogen-bond donors (Lipinski definition) is 1. The van der Waals surface area contributed by atoms with E-state index in [2.05, 4.69) is 50.2 Å². The van der Waals surface area contributed by atoms with Crippen LogP contribution in [0.25, 0.3) is 6.08 Å². The first-order valence-electron chi connectivity index (χ1n) is 11.9. The highest BCUT2D eigenvalue weighted by Gasteiger charge is 2.37. The number of nitrogens with zero attached hydrogens (tertiary/aromatic N) is 2. The smallest absolute Gasteiger partial charge is 0.294 e. The van der Waals surface area contributed by atoms with E-state index >= 15 is 0 Å². The highest BCUT2D eigenvalue weighted by atomic mass is 32.2. The van der Waals surface area contributed by atoms with Crippen molar-refractivity contribution in [2.24, 2.45) is 0 Å². The predicted molar refractivity (Wildman–Crippen MR) is 144 cm³/mol. The molecule has 0 bridgehead atoms. The van der Waals surface area contributed by atoms with Crippen LogP contribution in [-0.2, 0) is 9.59 Å². The number of carbonyl (C=O) groups is 3. The third-order valence-corrected chi connectivity index (χ3v) is 8.18. The number of thioether (sulfide) groups is 1. The van der Waals surface area contributed by atoms with Crippen molar-refractivity contribution >= 4 is 46.3 Å². The van der Waals surface area contributed by atoms with Gasteiger partial charge in [-0.3, -0.25) is 19.3 Å². The van der Waals surface area contributed by atoms with Crippen molar-refractivity contribution in [1.29, 1.82) is 0 Å². The zero-order valence-electron chi connectivity index (χ0n) is 21.5. The monoisotopic (exact) mass is 491 g/mol. The Kier molecular flexibility index (Phi) is 6.58. The van der Waals surface area contributed by atoms with Crippen LogP contribution in [0.1, 0.15) is 60.9 Å². The van der Waals surface area contributed by atoms with Gasteiger partial charge >= 0.3 is 0 Å². The highest BCUT2D eigenvalue weighted by molar-refractivity contribution is 8.18. The molecule has 2 heterocycles. The van der Waals surface area contributed by atoms with Crippen molar-refractivity contribution in [3.05, 3.63) is 63.1 Å². The molecule has 6 nitrogen and oxygen atoms in total. The summed E-state index contributed by atoms with van der Waals surface area (Å²) in [5.41, 5.74) is 7.32. The Hall–Kier alpha value is -3.06. The largest absolute Gasteiger partial charge is 0.369 e. The fourth-order valence-electron chi connectivity index (χ4n) is 4.83. The summed E-state index contributed by atoms with van der Waals surface area (Å²) in [5.74, 6) is -0.451. The molecule has 1 atom stereocenters. The molecule has 1 fully saturated rings. The number of amides is 3. The maximum absolute atomic E-state index is 13.0. The van der Waals surface area contributed by atoms with Crippen LogP contribution in [0.4, 0.5) is 16.2 Å². The van der Waals surface area contributed by atoms with Gasteiger partial charge in [0.1, 0.15) is 6.54 Å². The molecular formula is C28H33N3O3S. The Morgan fingerprint density at radius 2 is 1.83 bits per heavy atom. The molecule has 7 heteroatoms. The normalized spacial score (nSPS) is 20.4. The summed E-state index contributed by atoms with van der Waals surface area (Å²) in [6.07, 6.45) is 2.82. The van der Waals surface area contributed by atoms with E-state index in [4.69, 9.17) is 0 Å². The Bertz CT molecular complexity index is 1260. The van der Waals surface area contributed by atoms with Gasteiger partial charge < -0.3 is 10.2 Å². The van der Waals surface area contributed by atoms with E-state index in [9.17, 15) is 14.4 Å². The molecule has 0 radical (unpaired) electrons. The van der Waals surface area contributed by atoms with Crippen LogP contribution in [0, 0.1) is 20.8 Å². The van der Waals surface area contributed by atoms with Crippen molar-refractivity contribution in [3.63, 3.8) is 0 Å². The molecular weight excluding hydrogens is 458 g/mol. The lowest BCUT2D eigenvalue weighted by Gasteiger charge is -2.45. The Balaban J connectivity index is 1.53. The molecule has 1 saturated heterocycles. The summed E-state index contributed by atoms with van der Waals surface area (Å²) >= 11 is 0.885. The van der Waals surface area contributed by atoms with Crippen LogP contribution in [0.5, 0.6) is 0 Å². The van der Waals surface area contributed by atoms with Gasteiger partial charge in [-0.05, 0) is 117 Å². The quantitative estimate of drug-likeness (QED) is 0.531. The minimum atomic E-state index is -0.432. The van der Waals surface area contributed by atoms with Crippen LogP contribution < -0.4 is 10.2 Å². The number of aryl methyl sites for hydroxylation is 3. The first-order valence-corrected chi connectivity index (χ1v) is 12.7. The fourth-order valence-corrected chi connectivity index (χ4v) is 5.66. The number of nitrogens with one attached hydrogen (secondary N) is 1. The second-order valence-electron chi connectivity index (χ2n) is 10.4. The van der Waals surface area contributed by atoms with Crippen LogP contribution in [0.3, 0.4) is 0 Å². The van der Waals surface area contributed by atoms with Crippen molar-refractivity contribution in [1.82, 2.24) is 4.90 Å². The molecule has 2 aliphatic rings. The molecule has 3 amide bonds. The third kappa shape index (κ3) is 4.87. The van der Waals surface area contributed by atoms with Crippen molar-refractivity contribution in [3.8, 4) is 0 Å². The predicted octanol–water partition coefficient (Wildman–Crippen LogP) is 6.01. The lowest BCUT2D eigenvalue weighted by molar-refractivity contribution is -0.127. The molecule has 0 unspecified atom stereocenters. The summed E-state index contributed by atoms with van der Waals surface area (Å²) in [6.45, 7) is 12.4.